The zero-order valence-electron chi connectivity index (χ0n) is 17.3. The first-order chi connectivity index (χ1) is 14.6. The molecule has 0 unspecified atom stereocenters. The number of carbonyl (C=O) groups is 1. The fourth-order valence-electron chi connectivity index (χ4n) is 3.19. The molecule has 0 spiro atoms. The highest BCUT2D eigenvalue weighted by molar-refractivity contribution is 5.97. The number of H-pyrrole nitrogens is 1. The van der Waals surface area contributed by atoms with Gasteiger partial charge in [-0.2, -0.15) is 5.21 Å². The first-order valence-electron chi connectivity index (χ1n) is 10.2. The topological polar surface area (TPSA) is 113 Å². The fourth-order valence-corrected chi connectivity index (χ4v) is 3.19. The van der Waals surface area contributed by atoms with Gasteiger partial charge >= 0.3 is 0 Å². The summed E-state index contributed by atoms with van der Waals surface area (Å²) in [5.41, 5.74) is 2.99. The number of ketones is 1. The number of hydrogen-bond donors (Lipinski definition) is 3. The third kappa shape index (κ3) is 5.34. The number of tetrazole rings is 1. The van der Waals surface area contributed by atoms with Crippen molar-refractivity contribution in [1.82, 2.24) is 20.6 Å². The number of phenols is 1. The van der Waals surface area contributed by atoms with E-state index in [1.54, 1.807) is 12.1 Å². The Hall–Kier alpha value is -3.42. The van der Waals surface area contributed by atoms with Crippen LogP contribution >= 0.6 is 0 Å². The second kappa shape index (κ2) is 10.4. The number of benzene rings is 2. The first-order valence-corrected chi connectivity index (χ1v) is 10.2. The number of aromatic amines is 1. The van der Waals surface area contributed by atoms with E-state index >= 15 is 0 Å². The molecule has 8 heteroatoms. The van der Waals surface area contributed by atoms with Crippen LogP contribution in [0.15, 0.2) is 36.4 Å². The van der Waals surface area contributed by atoms with E-state index in [4.69, 9.17) is 4.74 Å². The van der Waals surface area contributed by atoms with Crippen LogP contribution < -0.4 is 10.1 Å². The van der Waals surface area contributed by atoms with Crippen LogP contribution in [0.1, 0.15) is 49.0 Å². The van der Waals surface area contributed by atoms with Gasteiger partial charge in [0.1, 0.15) is 11.5 Å². The summed E-state index contributed by atoms with van der Waals surface area (Å²) in [6.07, 6.45) is 3.34. The van der Waals surface area contributed by atoms with Crippen molar-refractivity contribution in [3.63, 3.8) is 0 Å². The number of hydrogen-bond acceptors (Lipinski definition) is 7. The SMILES string of the molecule is CCCc1c(OCCCCNc2ccc(-c3nn[nH]n3)cc2)ccc(C(C)=O)c1O. The minimum absolute atomic E-state index is 0.0489. The molecular formula is C22H27N5O3. The molecule has 0 fully saturated rings. The van der Waals surface area contributed by atoms with Crippen molar-refractivity contribution in [2.75, 3.05) is 18.5 Å². The number of phenolic OH excluding ortho intramolecular Hbond substituents is 1. The molecule has 3 rings (SSSR count). The summed E-state index contributed by atoms with van der Waals surface area (Å²) in [6.45, 7) is 4.86. The average Bonchev–Trinajstić information content (AvgIpc) is 3.28. The molecular weight excluding hydrogens is 382 g/mol. The number of aromatic hydroxyl groups is 1. The van der Waals surface area contributed by atoms with Crippen LogP contribution in [0, 0.1) is 0 Å². The summed E-state index contributed by atoms with van der Waals surface area (Å²) >= 11 is 0. The Labute approximate surface area is 175 Å². The molecule has 0 aliphatic heterocycles. The van der Waals surface area contributed by atoms with Gasteiger partial charge in [0.05, 0.1) is 12.2 Å². The number of anilines is 1. The molecule has 3 N–H and O–H groups in total. The maximum Gasteiger partial charge on any atom is 0.204 e. The van der Waals surface area contributed by atoms with Crippen LogP contribution in [0.5, 0.6) is 11.5 Å². The van der Waals surface area contributed by atoms with Crippen LogP contribution in [-0.2, 0) is 6.42 Å². The molecule has 3 aromatic rings. The molecule has 0 aliphatic rings. The molecule has 0 atom stereocenters. The number of aromatic nitrogens is 4. The Kier molecular flexibility index (Phi) is 7.37. The van der Waals surface area contributed by atoms with Crippen LogP contribution in [0.25, 0.3) is 11.4 Å². The van der Waals surface area contributed by atoms with E-state index in [0.717, 1.165) is 37.1 Å². The highest BCUT2D eigenvalue weighted by Crippen LogP contribution is 2.33. The Bertz CT molecular complexity index is 956. The first kappa shape index (κ1) is 21.3. The monoisotopic (exact) mass is 409 g/mol. The predicted octanol–water partition coefficient (Wildman–Crippen LogP) is 4.00. The van der Waals surface area contributed by atoms with Crippen molar-refractivity contribution in [3.05, 3.63) is 47.5 Å². The smallest absolute Gasteiger partial charge is 0.204 e. The van der Waals surface area contributed by atoms with E-state index in [2.05, 4.69) is 25.9 Å². The Balaban J connectivity index is 1.44. The summed E-state index contributed by atoms with van der Waals surface area (Å²) in [5.74, 6) is 1.13. The maximum atomic E-state index is 11.6. The Morgan fingerprint density at radius 3 is 2.63 bits per heavy atom. The van der Waals surface area contributed by atoms with Gasteiger partial charge in [0.15, 0.2) is 5.78 Å². The van der Waals surface area contributed by atoms with E-state index in [1.807, 2.05) is 31.2 Å². The number of unbranched alkanes of at least 4 members (excludes halogenated alkanes) is 1. The number of Topliss-reactive ketones (excluding diaryl/α,β-unsaturated/α-hetero) is 1. The molecule has 0 saturated carbocycles. The van der Waals surface area contributed by atoms with E-state index in [9.17, 15) is 9.90 Å². The van der Waals surface area contributed by atoms with Gasteiger partial charge in [0.25, 0.3) is 0 Å². The van der Waals surface area contributed by atoms with Crippen molar-refractivity contribution >= 4 is 11.5 Å². The molecule has 0 saturated heterocycles. The van der Waals surface area contributed by atoms with Crippen molar-refractivity contribution in [2.24, 2.45) is 0 Å². The fraction of sp³-hybridized carbons (Fsp3) is 0.364. The van der Waals surface area contributed by atoms with Crippen LogP contribution in [-0.4, -0.2) is 44.7 Å². The number of nitrogens with one attached hydrogen (secondary N) is 2. The third-order valence-corrected chi connectivity index (χ3v) is 4.77. The summed E-state index contributed by atoms with van der Waals surface area (Å²) in [7, 11) is 0. The molecule has 30 heavy (non-hydrogen) atoms. The van der Waals surface area contributed by atoms with Gasteiger partial charge in [-0.15, -0.1) is 10.2 Å². The third-order valence-electron chi connectivity index (χ3n) is 4.77. The summed E-state index contributed by atoms with van der Waals surface area (Å²) in [4.78, 5) is 11.6. The molecule has 2 aromatic carbocycles. The summed E-state index contributed by atoms with van der Waals surface area (Å²) < 4.78 is 5.89. The average molecular weight is 409 g/mol. The lowest BCUT2D eigenvalue weighted by molar-refractivity contribution is 0.101. The highest BCUT2D eigenvalue weighted by Gasteiger charge is 2.15. The van der Waals surface area contributed by atoms with Gasteiger partial charge in [-0.3, -0.25) is 4.79 Å². The quantitative estimate of drug-likeness (QED) is 0.324. The number of nitrogens with zero attached hydrogens (tertiary/aromatic N) is 3. The zero-order chi connectivity index (χ0) is 21.3. The number of rotatable bonds is 11. The van der Waals surface area contributed by atoms with Crippen LogP contribution in [0.2, 0.25) is 0 Å². The van der Waals surface area contributed by atoms with E-state index in [0.29, 0.717) is 35.7 Å². The molecule has 1 aromatic heterocycles. The van der Waals surface area contributed by atoms with Gasteiger partial charge < -0.3 is 15.2 Å². The standard InChI is InChI=1S/C22H27N5O3/c1-3-6-19-20(12-11-18(15(2)28)21(19)29)30-14-5-4-13-23-17-9-7-16(8-10-17)22-24-26-27-25-22/h7-12,23,29H,3-6,13-14H2,1-2H3,(H,24,25,26,27). The maximum absolute atomic E-state index is 11.6. The molecule has 0 radical (unpaired) electrons. The summed E-state index contributed by atoms with van der Waals surface area (Å²) in [5, 5.41) is 27.7. The van der Waals surface area contributed by atoms with Crippen molar-refractivity contribution in [1.29, 1.82) is 0 Å². The van der Waals surface area contributed by atoms with E-state index in [-0.39, 0.29) is 11.5 Å². The lowest BCUT2D eigenvalue weighted by Crippen LogP contribution is -2.06. The molecule has 1 heterocycles. The molecule has 0 bridgehead atoms. The molecule has 158 valence electrons. The predicted molar refractivity (Wildman–Crippen MR) is 115 cm³/mol. The van der Waals surface area contributed by atoms with E-state index in [1.165, 1.54) is 6.92 Å². The Morgan fingerprint density at radius 2 is 1.97 bits per heavy atom. The Morgan fingerprint density at radius 1 is 1.17 bits per heavy atom. The largest absolute Gasteiger partial charge is 0.507 e. The van der Waals surface area contributed by atoms with E-state index < -0.39 is 0 Å². The van der Waals surface area contributed by atoms with Crippen molar-refractivity contribution in [3.8, 4) is 22.9 Å². The second-order valence-corrected chi connectivity index (χ2v) is 7.04. The second-order valence-electron chi connectivity index (χ2n) is 7.04. The van der Waals surface area contributed by atoms with Gasteiger partial charge in [0.2, 0.25) is 5.82 Å². The molecule has 0 amide bonds. The minimum atomic E-state index is -0.146. The molecule has 8 nitrogen and oxygen atoms in total. The van der Waals surface area contributed by atoms with Crippen molar-refractivity contribution in [2.45, 2.75) is 39.5 Å². The highest BCUT2D eigenvalue weighted by atomic mass is 16.5. The van der Waals surface area contributed by atoms with Gasteiger partial charge in [0, 0.05) is 23.4 Å². The minimum Gasteiger partial charge on any atom is -0.507 e. The number of carbonyl (C=O) groups excluding carboxylic acids is 1. The summed E-state index contributed by atoms with van der Waals surface area (Å²) in [6, 6.07) is 11.3. The van der Waals surface area contributed by atoms with Gasteiger partial charge in [-0.25, -0.2) is 0 Å². The lowest BCUT2D eigenvalue weighted by Gasteiger charge is -2.14. The van der Waals surface area contributed by atoms with Gasteiger partial charge in [-0.05, 0) is 67.8 Å². The lowest BCUT2D eigenvalue weighted by atomic mass is 10.0. The zero-order valence-corrected chi connectivity index (χ0v) is 17.3. The van der Waals surface area contributed by atoms with Gasteiger partial charge in [-0.1, -0.05) is 13.3 Å². The van der Waals surface area contributed by atoms with Crippen LogP contribution in [0.4, 0.5) is 5.69 Å². The molecule has 0 aliphatic carbocycles. The number of ether oxygens (including phenoxy) is 1. The normalized spacial score (nSPS) is 10.7. The van der Waals surface area contributed by atoms with Crippen LogP contribution in [0.3, 0.4) is 0 Å². The van der Waals surface area contributed by atoms with Crippen molar-refractivity contribution < 1.29 is 14.6 Å².